The van der Waals surface area contributed by atoms with Crippen LogP contribution in [0.4, 0.5) is 16.3 Å². The zero-order valence-electron chi connectivity index (χ0n) is 25.1. The van der Waals surface area contributed by atoms with Crippen LogP contribution in [0.15, 0.2) is 61.4 Å². The molecule has 1 N–H and O–H groups in total. The van der Waals surface area contributed by atoms with E-state index in [9.17, 15) is 4.79 Å². The average molecular weight is 595 g/mol. The number of rotatable bonds is 6. The van der Waals surface area contributed by atoms with Gasteiger partial charge in [-0.1, -0.05) is 0 Å². The third-order valence-corrected chi connectivity index (χ3v) is 8.08. The zero-order valence-corrected chi connectivity index (χ0v) is 25.1. The summed E-state index contributed by atoms with van der Waals surface area (Å²) in [6, 6.07) is 11.5. The number of aromatic nitrogens is 6. The Morgan fingerprint density at radius 3 is 2.75 bits per heavy atom. The van der Waals surface area contributed by atoms with Crippen LogP contribution < -0.4 is 14.8 Å². The molecule has 5 aromatic rings. The average Bonchev–Trinajstić information content (AvgIpc) is 3.53. The molecule has 226 valence electrons. The van der Waals surface area contributed by atoms with Crippen molar-refractivity contribution >= 4 is 34.1 Å². The molecule has 7 rings (SSSR count). The number of amides is 1. The van der Waals surface area contributed by atoms with Gasteiger partial charge < -0.3 is 19.5 Å². The Balaban J connectivity index is 1.13. The largest absolute Gasteiger partial charge is 0.457 e. The molecule has 4 aromatic heterocycles. The summed E-state index contributed by atoms with van der Waals surface area (Å²) in [5.41, 5.74) is 1.77. The number of carbonyl (C=O) groups is 1. The van der Waals surface area contributed by atoms with Crippen molar-refractivity contribution in [2.75, 3.05) is 5.32 Å². The lowest BCUT2D eigenvalue weighted by Gasteiger charge is -2.44. The van der Waals surface area contributed by atoms with Gasteiger partial charge in [-0.05, 0) is 76.8 Å². The van der Waals surface area contributed by atoms with E-state index in [1.54, 1.807) is 10.7 Å². The van der Waals surface area contributed by atoms with Crippen LogP contribution in [0.5, 0.6) is 17.4 Å². The SMILES string of the molecule is Cc1cc(Nc2ncnc3cnc(OC45CCCC(CC4)N5C(=O)OC(C)(C)C)cc23)ccc1Oc1ccn2ncnc2c1. The van der Waals surface area contributed by atoms with Crippen LogP contribution in [-0.4, -0.2) is 57.9 Å². The predicted octanol–water partition coefficient (Wildman–Crippen LogP) is 6.57. The van der Waals surface area contributed by atoms with Crippen LogP contribution in [0.3, 0.4) is 0 Å². The molecule has 6 heterocycles. The van der Waals surface area contributed by atoms with Gasteiger partial charge in [0.1, 0.15) is 35.6 Å². The first-order valence-corrected chi connectivity index (χ1v) is 14.8. The molecule has 2 saturated heterocycles. The molecular formula is C32H34N8O4. The number of ether oxygens (including phenoxy) is 3. The molecule has 44 heavy (non-hydrogen) atoms. The van der Waals surface area contributed by atoms with Gasteiger partial charge >= 0.3 is 6.09 Å². The maximum absolute atomic E-state index is 13.3. The van der Waals surface area contributed by atoms with Crippen LogP contribution in [0.1, 0.15) is 58.4 Å². The number of fused-ring (bicyclic) bond motifs is 4. The zero-order chi connectivity index (χ0) is 30.5. The second kappa shape index (κ2) is 10.6. The monoisotopic (exact) mass is 594 g/mol. The highest BCUT2D eigenvalue weighted by Gasteiger charge is 2.54. The summed E-state index contributed by atoms with van der Waals surface area (Å²) in [6.07, 6.45) is 10.4. The summed E-state index contributed by atoms with van der Waals surface area (Å²) in [4.78, 5) is 32.8. The summed E-state index contributed by atoms with van der Waals surface area (Å²) in [5.74, 6) is 2.42. The van der Waals surface area contributed by atoms with Crippen molar-refractivity contribution in [2.24, 2.45) is 0 Å². The number of hydrogen-bond donors (Lipinski definition) is 1. The van der Waals surface area contributed by atoms with Crippen LogP contribution in [0, 0.1) is 6.92 Å². The van der Waals surface area contributed by atoms with Crippen LogP contribution in [0.2, 0.25) is 0 Å². The lowest BCUT2D eigenvalue weighted by Crippen LogP contribution is -2.57. The molecule has 0 saturated carbocycles. The molecule has 2 unspecified atom stereocenters. The molecule has 0 spiro atoms. The van der Waals surface area contributed by atoms with Gasteiger partial charge in [0.2, 0.25) is 5.88 Å². The van der Waals surface area contributed by atoms with E-state index >= 15 is 0 Å². The molecule has 1 amide bonds. The molecule has 2 bridgehead atoms. The topological polar surface area (TPSA) is 129 Å². The van der Waals surface area contributed by atoms with E-state index in [0.29, 0.717) is 28.6 Å². The second-order valence-corrected chi connectivity index (χ2v) is 12.4. The van der Waals surface area contributed by atoms with Crippen LogP contribution >= 0.6 is 0 Å². The Bertz CT molecular complexity index is 1860. The molecule has 2 fully saturated rings. The van der Waals surface area contributed by atoms with E-state index in [0.717, 1.165) is 54.5 Å². The second-order valence-electron chi connectivity index (χ2n) is 12.4. The van der Waals surface area contributed by atoms with E-state index in [1.165, 1.54) is 12.7 Å². The van der Waals surface area contributed by atoms with Crippen LogP contribution in [-0.2, 0) is 4.74 Å². The Hall–Kier alpha value is -5.00. The molecular weight excluding hydrogens is 560 g/mol. The molecule has 12 nitrogen and oxygen atoms in total. The van der Waals surface area contributed by atoms with Crippen molar-refractivity contribution in [3.05, 3.63) is 67.0 Å². The van der Waals surface area contributed by atoms with E-state index in [4.69, 9.17) is 14.2 Å². The molecule has 12 heteroatoms. The predicted molar refractivity (Wildman–Crippen MR) is 163 cm³/mol. The van der Waals surface area contributed by atoms with Gasteiger partial charge in [0, 0.05) is 48.3 Å². The lowest BCUT2D eigenvalue weighted by molar-refractivity contribution is -0.0991. The van der Waals surface area contributed by atoms with Crippen molar-refractivity contribution in [3.8, 4) is 17.4 Å². The Morgan fingerprint density at radius 1 is 1.02 bits per heavy atom. The first kappa shape index (κ1) is 27.8. The van der Waals surface area contributed by atoms with E-state index in [-0.39, 0.29) is 12.1 Å². The quantitative estimate of drug-likeness (QED) is 0.230. The summed E-state index contributed by atoms with van der Waals surface area (Å²) < 4.78 is 20.2. The van der Waals surface area contributed by atoms with Gasteiger partial charge in [-0.25, -0.2) is 29.2 Å². The Labute approximate surface area is 254 Å². The normalized spacial score (nSPS) is 19.7. The molecule has 2 atom stereocenters. The third kappa shape index (κ3) is 5.31. The number of carbonyl (C=O) groups excluding carboxylic acids is 1. The highest BCUT2D eigenvalue weighted by molar-refractivity contribution is 5.90. The molecule has 0 radical (unpaired) electrons. The van der Waals surface area contributed by atoms with Gasteiger partial charge in [-0.3, -0.25) is 4.90 Å². The maximum Gasteiger partial charge on any atom is 0.413 e. The standard InChI is InChI=1S/C32H34N8O4/c1-20-14-21(7-8-26(20)42-23-10-13-39-27(15-23)35-19-37-39)38-29-24-16-28(33-17-25(24)34-18-36-29)43-32-11-5-6-22(9-12-32)40(32)30(41)44-31(2,3)4/h7-8,10,13-19,22H,5-6,9,11-12H2,1-4H3,(H,34,36,38). The summed E-state index contributed by atoms with van der Waals surface area (Å²) in [5, 5.41) is 8.29. The molecule has 2 aliphatic heterocycles. The fourth-order valence-corrected chi connectivity index (χ4v) is 6.14. The smallest absolute Gasteiger partial charge is 0.413 e. The summed E-state index contributed by atoms with van der Waals surface area (Å²) >= 11 is 0. The lowest BCUT2D eigenvalue weighted by atomic mass is 10.00. The van der Waals surface area contributed by atoms with Gasteiger partial charge in [0.15, 0.2) is 11.4 Å². The third-order valence-electron chi connectivity index (χ3n) is 8.08. The van der Waals surface area contributed by atoms with Crippen LogP contribution in [0.25, 0.3) is 16.6 Å². The minimum absolute atomic E-state index is 0.0976. The number of benzene rings is 1. The van der Waals surface area contributed by atoms with Crippen molar-refractivity contribution in [1.29, 1.82) is 0 Å². The van der Waals surface area contributed by atoms with E-state index in [1.807, 2.05) is 75.2 Å². The number of hydrogen-bond acceptors (Lipinski definition) is 10. The highest BCUT2D eigenvalue weighted by Crippen LogP contribution is 2.46. The van der Waals surface area contributed by atoms with Gasteiger partial charge in [0.05, 0.1) is 11.7 Å². The number of nitrogens with one attached hydrogen (secondary N) is 1. The number of nitrogens with zero attached hydrogens (tertiary/aromatic N) is 7. The van der Waals surface area contributed by atoms with E-state index < -0.39 is 11.3 Å². The molecule has 1 aromatic carbocycles. The summed E-state index contributed by atoms with van der Waals surface area (Å²) in [6.45, 7) is 7.63. The fourth-order valence-electron chi connectivity index (χ4n) is 6.14. The van der Waals surface area contributed by atoms with E-state index in [2.05, 4.69) is 30.4 Å². The maximum atomic E-state index is 13.3. The molecule has 2 aliphatic rings. The number of anilines is 2. The minimum atomic E-state index is -0.791. The first-order valence-electron chi connectivity index (χ1n) is 14.8. The van der Waals surface area contributed by atoms with Crippen molar-refractivity contribution in [3.63, 3.8) is 0 Å². The first-order chi connectivity index (χ1) is 21.2. The Kier molecular flexibility index (Phi) is 6.71. The number of piperidine rings is 1. The van der Waals surface area contributed by atoms with Crippen molar-refractivity contribution in [2.45, 2.75) is 77.2 Å². The Morgan fingerprint density at radius 2 is 1.91 bits per heavy atom. The number of pyridine rings is 2. The van der Waals surface area contributed by atoms with Gasteiger partial charge in [0.25, 0.3) is 0 Å². The minimum Gasteiger partial charge on any atom is -0.457 e. The highest BCUT2D eigenvalue weighted by atomic mass is 16.6. The van der Waals surface area contributed by atoms with Crippen molar-refractivity contribution < 1.29 is 19.0 Å². The molecule has 0 aliphatic carbocycles. The summed E-state index contributed by atoms with van der Waals surface area (Å²) in [7, 11) is 0. The van der Waals surface area contributed by atoms with Gasteiger partial charge in [-0.2, -0.15) is 5.10 Å². The number of aryl methyl sites for hydroxylation is 1. The fraction of sp³-hybridized carbons (Fsp3) is 0.375. The van der Waals surface area contributed by atoms with Gasteiger partial charge in [-0.15, -0.1) is 0 Å². The van der Waals surface area contributed by atoms with Crippen molar-refractivity contribution in [1.82, 2.24) is 34.4 Å².